The number of fused-ring (bicyclic) bond motifs is 3. The Morgan fingerprint density at radius 2 is 2.00 bits per heavy atom. The van der Waals surface area contributed by atoms with Crippen molar-refractivity contribution in [2.24, 2.45) is 0 Å². The first kappa shape index (κ1) is 20.3. The first-order chi connectivity index (χ1) is 15.0. The SMILES string of the molecule is CCc1cccc(N2C(=O)c3cc4ccsc4n3CC2(C)C(=O)NC2CCCCC2)c1. The van der Waals surface area contributed by atoms with Gasteiger partial charge in [0.2, 0.25) is 5.91 Å². The van der Waals surface area contributed by atoms with Crippen LogP contribution in [0.5, 0.6) is 0 Å². The number of nitrogens with zero attached hydrogens (tertiary/aromatic N) is 2. The minimum Gasteiger partial charge on any atom is -0.351 e. The van der Waals surface area contributed by atoms with Gasteiger partial charge in [0.25, 0.3) is 5.91 Å². The summed E-state index contributed by atoms with van der Waals surface area (Å²) in [6, 6.07) is 12.2. The van der Waals surface area contributed by atoms with Crippen LogP contribution in [0.25, 0.3) is 10.2 Å². The Kier molecular flexibility index (Phi) is 5.13. The van der Waals surface area contributed by atoms with Crippen LogP contribution in [-0.4, -0.2) is 28.0 Å². The largest absolute Gasteiger partial charge is 0.351 e. The fourth-order valence-corrected chi connectivity index (χ4v) is 6.00. The van der Waals surface area contributed by atoms with Gasteiger partial charge in [-0.05, 0) is 61.4 Å². The number of rotatable bonds is 4. The van der Waals surface area contributed by atoms with E-state index in [0.29, 0.717) is 12.2 Å². The van der Waals surface area contributed by atoms with Gasteiger partial charge in [0.15, 0.2) is 0 Å². The first-order valence-corrected chi connectivity index (χ1v) is 12.2. The Bertz CT molecular complexity index is 1140. The second-order valence-corrected chi connectivity index (χ2v) is 9.94. The average Bonchev–Trinajstić information content (AvgIpc) is 3.37. The molecule has 6 heteroatoms. The van der Waals surface area contributed by atoms with E-state index in [4.69, 9.17) is 0 Å². The summed E-state index contributed by atoms with van der Waals surface area (Å²) in [5.41, 5.74) is 1.61. The fraction of sp³-hybridized carbons (Fsp3) is 0.440. The minimum atomic E-state index is -0.996. The van der Waals surface area contributed by atoms with Crippen molar-refractivity contribution in [1.29, 1.82) is 0 Å². The number of hydrogen-bond acceptors (Lipinski definition) is 3. The molecule has 5 rings (SSSR count). The number of aryl methyl sites for hydroxylation is 1. The molecule has 1 fully saturated rings. The van der Waals surface area contributed by atoms with E-state index < -0.39 is 5.54 Å². The van der Waals surface area contributed by atoms with Crippen LogP contribution in [0.1, 0.15) is 62.0 Å². The standard InChI is InChI=1S/C25H29N3O2S/c1-3-17-8-7-11-20(14-17)28-22(29)21-15-18-12-13-31-23(18)27(21)16-25(28,2)24(30)26-19-9-5-4-6-10-19/h7-8,11-15,19H,3-6,9-10,16H2,1-2H3,(H,26,30). The van der Waals surface area contributed by atoms with Crippen molar-refractivity contribution in [1.82, 2.24) is 9.88 Å². The third-order valence-electron chi connectivity index (χ3n) is 6.89. The number of thiophene rings is 1. The van der Waals surface area contributed by atoms with Gasteiger partial charge in [-0.2, -0.15) is 0 Å². The van der Waals surface area contributed by atoms with Gasteiger partial charge in [0.05, 0.1) is 6.54 Å². The van der Waals surface area contributed by atoms with Crippen LogP contribution in [0.15, 0.2) is 41.8 Å². The summed E-state index contributed by atoms with van der Waals surface area (Å²) >= 11 is 1.62. The monoisotopic (exact) mass is 435 g/mol. The lowest BCUT2D eigenvalue weighted by atomic mass is 9.91. The maximum Gasteiger partial charge on any atom is 0.275 e. The van der Waals surface area contributed by atoms with Gasteiger partial charge in [0.1, 0.15) is 16.1 Å². The van der Waals surface area contributed by atoms with Gasteiger partial charge in [0, 0.05) is 17.1 Å². The maximum atomic E-state index is 13.8. The first-order valence-electron chi connectivity index (χ1n) is 11.3. The molecule has 162 valence electrons. The zero-order chi connectivity index (χ0) is 21.6. The summed E-state index contributed by atoms with van der Waals surface area (Å²) in [6.07, 6.45) is 6.46. The highest BCUT2D eigenvalue weighted by Crippen LogP contribution is 2.38. The number of hydrogen-bond donors (Lipinski definition) is 1. The highest BCUT2D eigenvalue weighted by atomic mass is 32.1. The molecule has 31 heavy (non-hydrogen) atoms. The number of aromatic nitrogens is 1. The molecule has 1 N–H and O–H groups in total. The number of amides is 2. The summed E-state index contributed by atoms with van der Waals surface area (Å²) in [5.74, 6) is -0.164. The Balaban J connectivity index is 1.60. The highest BCUT2D eigenvalue weighted by Gasteiger charge is 2.49. The van der Waals surface area contributed by atoms with Crippen molar-refractivity contribution >= 4 is 39.1 Å². The average molecular weight is 436 g/mol. The molecule has 5 nitrogen and oxygen atoms in total. The minimum absolute atomic E-state index is 0.0568. The van der Waals surface area contributed by atoms with Crippen LogP contribution in [0.3, 0.4) is 0 Å². The molecule has 2 aromatic heterocycles. The second-order valence-electron chi connectivity index (χ2n) is 9.04. The molecule has 0 bridgehead atoms. The molecule has 1 aromatic carbocycles. The molecule has 1 unspecified atom stereocenters. The van der Waals surface area contributed by atoms with Crippen LogP contribution in [0.2, 0.25) is 0 Å². The number of nitrogens with one attached hydrogen (secondary N) is 1. The predicted octanol–water partition coefficient (Wildman–Crippen LogP) is 5.13. The highest BCUT2D eigenvalue weighted by molar-refractivity contribution is 7.16. The van der Waals surface area contributed by atoms with E-state index in [2.05, 4.69) is 18.3 Å². The lowest BCUT2D eigenvalue weighted by Gasteiger charge is -2.44. The lowest BCUT2D eigenvalue weighted by molar-refractivity contribution is -0.127. The van der Waals surface area contributed by atoms with Crippen LogP contribution in [0, 0.1) is 0 Å². The van der Waals surface area contributed by atoms with Crippen molar-refractivity contribution < 1.29 is 9.59 Å². The summed E-state index contributed by atoms with van der Waals surface area (Å²) in [5, 5.41) is 6.40. The molecule has 1 aliphatic carbocycles. The molecule has 1 saturated carbocycles. The summed E-state index contributed by atoms with van der Waals surface area (Å²) in [6.45, 7) is 4.47. The number of carbonyl (C=O) groups is 2. The molecule has 0 spiro atoms. The fourth-order valence-electron chi connectivity index (χ4n) is 5.11. The van der Waals surface area contributed by atoms with E-state index in [-0.39, 0.29) is 17.9 Å². The topological polar surface area (TPSA) is 54.3 Å². The zero-order valence-corrected chi connectivity index (χ0v) is 19.0. The van der Waals surface area contributed by atoms with Gasteiger partial charge in [-0.3, -0.25) is 14.5 Å². The van der Waals surface area contributed by atoms with Crippen LogP contribution in [-0.2, 0) is 17.8 Å². The van der Waals surface area contributed by atoms with Crippen molar-refractivity contribution in [3.05, 3.63) is 53.0 Å². The lowest BCUT2D eigenvalue weighted by Crippen LogP contribution is -2.65. The van der Waals surface area contributed by atoms with Gasteiger partial charge in [-0.15, -0.1) is 11.3 Å². The van der Waals surface area contributed by atoms with Crippen LogP contribution >= 0.6 is 11.3 Å². The quantitative estimate of drug-likeness (QED) is 0.617. The van der Waals surface area contributed by atoms with Gasteiger partial charge in [-0.25, -0.2) is 0 Å². The van der Waals surface area contributed by atoms with E-state index >= 15 is 0 Å². The second kappa shape index (κ2) is 7.83. The van der Waals surface area contributed by atoms with E-state index in [9.17, 15) is 9.59 Å². The molecule has 3 heterocycles. The predicted molar refractivity (Wildman–Crippen MR) is 126 cm³/mol. The molecule has 0 saturated heterocycles. The molecule has 2 amide bonds. The molecule has 2 aliphatic rings. The Morgan fingerprint density at radius 3 is 2.77 bits per heavy atom. The molecular formula is C25H29N3O2S. The van der Waals surface area contributed by atoms with Crippen molar-refractivity contribution in [2.75, 3.05) is 4.90 Å². The van der Waals surface area contributed by atoms with Crippen molar-refractivity contribution in [2.45, 2.75) is 70.5 Å². The van der Waals surface area contributed by atoms with E-state index in [0.717, 1.165) is 53.6 Å². The molecule has 1 atom stereocenters. The van der Waals surface area contributed by atoms with Gasteiger partial charge in [-0.1, -0.05) is 38.3 Å². The smallest absolute Gasteiger partial charge is 0.275 e. The van der Waals surface area contributed by atoms with Crippen LogP contribution < -0.4 is 10.2 Å². The third kappa shape index (κ3) is 3.37. The Labute approximate surface area is 187 Å². The molecule has 1 aliphatic heterocycles. The maximum absolute atomic E-state index is 13.8. The molecule has 3 aromatic rings. The summed E-state index contributed by atoms with van der Waals surface area (Å²) in [4.78, 5) is 30.4. The van der Waals surface area contributed by atoms with E-state index in [1.165, 1.54) is 6.42 Å². The van der Waals surface area contributed by atoms with Crippen molar-refractivity contribution in [3.63, 3.8) is 0 Å². The molecule has 0 radical (unpaired) electrons. The number of carbonyl (C=O) groups excluding carboxylic acids is 2. The summed E-state index contributed by atoms with van der Waals surface area (Å²) in [7, 11) is 0. The van der Waals surface area contributed by atoms with E-state index in [1.54, 1.807) is 16.2 Å². The van der Waals surface area contributed by atoms with Crippen LogP contribution in [0.4, 0.5) is 5.69 Å². The number of benzene rings is 1. The zero-order valence-electron chi connectivity index (χ0n) is 18.2. The Hall–Kier alpha value is -2.60. The summed E-state index contributed by atoms with van der Waals surface area (Å²) < 4.78 is 2.04. The van der Waals surface area contributed by atoms with Crippen molar-refractivity contribution in [3.8, 4) is 0 Å². The number of anilines is 1. The normalized spacial score (nSPS) is 22.0. The Morgan fingerprint density at radius 1 is 1.19 bits per heavy atom. The van der Waals surface area contributed by atoms with Gasteiger partial charge >= 0.3 is 0 Å². The van der Waals surface area contributed by atoms with Gasteiger partial charge < -0.3 is 9.88 Å². The van der Waals surface area contributed by atoms with E-state index in [1.807, 2.05) is 47.2 Å². The third-order valence-corrected chi connectivity index (χ3v) is 7.84. The molecular weight excluding hydrogens is 406 g/mol.